The average molecular weight is 332 g/mol. The van der Waals surface area contributed by atoms with Crippen molar-refractivity contribution in [1.29, 1.82) is 0 Å². The van der Waals surface area contributed by atoms with Gasteiger partial charge in [0.15, 0.2) is 0 Å². The van der Waals surface area contributed by atoms with Gasteiger partial charge in [-0.2, -0.15) is 0 Å². The van der Waals surface area contributed by atoms with E-state index in [1.165, 1.54) is 24.3 Å². The Hall–Kier alpha value is -1.96. The van der Waals surface area contributed by atoms with Crippen molar-refractivity contribution in [2.45, 2.75) is 6.04 Å². The highest BCUT2D eigenvalue weighted by atomic mass is 79.9. The number of aromatic carboxylic acids is 1. The summed E-state index contributed by atoms with van der Waals surface area (Å²) in [6, 6.07) is 3.44. The van der Waals surface area contributed by atoms with Crippen molar-refractivity contribution in [2.75, 3.05) is 11.9 Å². The number of hydrogen-bond donors (Lipinski definition) is 1. The van der Waals surface area contributed by atoms with Gasteiger partial charge in [-0.1, -0.05) is 34.1 Å². The van der Waals surface area contributed by atoms with E-state index in [-0.39, 0.29) is 17.7 Å². The number of carbonyl (C=O) groups is 2. The Labute approximate surface area is 116 Å². The maximum Gasteiger partial charge on any atom is 0.386 e. The third kappa shape index (κ3) is 3.75. The van der Waals surface area contributed by atoms with E-state index in [1.807, 2.05) is 0 Å². The lowest BCUT2D eigenvalue weighted by Gasteiger charge is -2.11. The highest BCUT2D eigenvalue weighted by Gasteiger charge is 2.36. The van der Waals surface area contributed by atoms with Crippen LogP contribution in [0.2, 0.25) is 0 Å². The molecule has 0 aliphatic rings. The summed E-state index contributed by atoms with van der Waals surface area (Å²) in [4.78, 5) is 32.8. The van der Waals surface area contributed by atoms with Gasteiger partial charge in [-0.05, 0) is 6.07 Å². The summed E-state index contributed by atoms with van der Waals surface area (Å²) in [5.74, 6) is -2.42. The normalized spacial score (nSPS) is 11.6. The van der Waals surface area contributed by atoms with Gasteiger partial charge in [0.2, 0.25) is 0 Å². The number of rotatable bonds is 6. The molecule has 0 amide bonds. The van der Waals surface area contributed by atoms with Crippen LogP contribution in [0.25, 0.3) is 0 Å². The van der Waals surface area contributed by atoms with Gasteiger partial charge < -0.3 is 9.84 Å². The third-order valence-electron chi connectivity index (χ3n) is 2.24. The summed E-state index contributed by atoms with van der Waals surface area (Å²) < 4.78 is 4.68. The maximum atomic E-state index is 11.6. The molecule has 1 atom stereocenters. The Bertz CT molecular complexity index is 504. The van der Waals surface area contributed by atoms with Crippen LogP contribution < -0.4 is 0 Å². The summed E-state index contributed by atoms with van der Waals surface area (Å²) in [5, 5.41) is 20.3. The first-order chi connectivity index (χ1) is 8.99. The van der Waals surface area contributed by atoms with Crippen LogP contribution >= 0.6 is 15.9 Å². The van der Waals surface area contributed by atoms with E-state index in [2.05, 4.69) is 20.7 Å². The van der Waals surface area contributed by atoms with Crippen LogP contribution in [-0.2, 0) is 9.53 Å². The molecular weight excluding hydrogens is 322 g/mol. The van der Waals surface area contributed by atoms with Crippen molar-refractivity contribution in [3.8, 4) is 0 Å². The number of benzene rings is 1. The fourth-order valence-electron chi connectivity index (χ4n) is 1.47. The number of ether oxygens (including phenoxy) is 1. The van der Waals surface area contributed by atoms with Crippen LogP contribution in [0.1, 0.15) is 22.0 Å². The molecule has 1 aromatic rings. The highest BCUT2D eigenvalue weighted by molar-refractivity contribution is 9.09. The molecule has 102 valence electrons. The van der Waals surface area contributed by atoms with E-state index in [0.717, 1.165) is 0 Å². The molecule has 0 spiro atoms. The molecule has 0 fully saturated rings. The zero-order valence-corrected chi connectivity index (χ0v) is 11.2. The topological polar surface area (TPSA) is 107 Å². The summed E-state index contributed by atoms with van der Waals surface area (Å²) in [5.41, 5.74) is -0.487. The number of carboxylic acid groups (broad SMARTS) is 1. The van der Waals surface area contributed by atoms with Gasteiger partial charge >= 0.3 is 18.0 Å². The van der Waals surface area contributed by atoms with Gasteiger partial charge in [0.25, 0.3) is 0 Å². The number of nitrogens with zero attached hydrogens (tertiary/aromatic N) is 1. The number of hydrogen-bond acceptors (Lipinski definition) is 5. The van der Waals surface area contributed by atoms with Gasteiger partial charge in [-0.3, -0.25) is 10.1 Å². The zero-order chi connectivity index (χ0) is 14.4. The van der Waals surface area contributed by atoms with Gasteiger partial charge in [0.1, 0.15) is 6.61 Å². The number of carbonyl (C=O) groups excluding carboxylic acids is 1. The predicted molar refractivity (Wildman–Crippen MR) is 67.9 cm³/mol. The van der Waals surface area contributed by atoms with Crippen LogP contribution in [0.3, 0.4) is 0 Å². The van der Waals surface area contributed by atoms with E-state index in [4.69, 9.17) is 5.11 Å². The predicted octanol–water partition coefficient (Wildman–Crippen LogP) is 1.64. The molecule has 1 aromatic carbocycles. The third-order valence-corrected chi connectivity index (χ3v) is 2.57. The Kier molecular flexibility index (Phi) is 5.43. The van der Waals surface area contributed by atoms with E-state index >= 15 is 0 Å². The minimum atomic E-state index is -1.84. The van der Waals surface area contributed by atoms with Gasteiger partial charge in [0.05, 0.1) is 11.1 Å². The van der Waals surface area contributed by atoms with Crippen molar-refractivity contribution in [3.63, 3.8) is 0 Å². The van der Waals surface area contributed by atoms with E-state index in [9.17, 15) is 19.7 Å². The summed E-state index contributed by atoms with van der Waals surface area (Å²) in [6.07, 6.45) is 0. The minimum absolute atomic E-state index is 0.0294. The minimum Gasteiger partial charge on any atom is -0.478 e. The number of esters is 1. The first-order valence-electron chi connectivity index (χ1n) is 5.17. The molecule has 1 rings (SSSR count). The fourth-order valence-corrected chi connectivity index (χ4v) is 1.64. The molecular formula is C11H10BrNO6. The quantitative estimate of drug-likeness (QED) is 0.367. The van der Waals surface area contributed by atoms with E-state index in [1.54, 1.807) is 0 Å². The molecule has 0 aliphatic heterocycles. The summed E-state index contributed by atoms with van der Waals surface area (Å²) in [7, 11) is 0. The molecule has 7 nitrogen and oxygen atoms in total. The lowest BCUT2D eigenvalue weighted by Crippen LogP contribution is -2.25. The van der Waals surface area contributed by atoms with Crippen LogP contribution in [-0.4, -0.2) is 33.9 Å². The van der Waals surface area contributed by atoms with Crippen molar-refractivity contribution < 1.29 is 24.4 Å². The van der Waals surface area contributed by atoms with Crippen molar-refractivity contribution in [3.05, 3.63) is 45.5 Å². The first-order valence-corrected chi connectivity index (χ1v) is 6.29. The van der Waals surface area contributed by atoms with Gasteiger partial charge in [0, 0.05) is 10.3 Å². The highest BCUT2D eigenvalue weighted by Crippen LogP contribution is 2.22. The molecule has 1 N–H and O–H groups in total. The number of halogens is 1. The van der Waals surface area contributed by atoms with Crippen LogP contribution in [0, 0.1) is 10.1 Å². The second-order valence-corrected chi connectivity index (χ2v) is 4.23. The second-order valence-electron chi connectivity index (χ2n) is 3.44. The smallest absolute Gasteiger partial charge is 0.386 e. The molecule has 0 saturated carbocycles. The SMILES string of the molecule is O=C(O)c1ccccc1C(C(=O)OCCBr)[N+](=O)[O-]. The Morgan fingerprint density at radius 3 is 2.58 bits per heavy atom. The van der Waals surface area contributed by atoms with Crippen molar-refractivity contribution in [1.82, 2.24) is 0 Å². The largest absolute Gasteiger partial charge is 0.478 e. The molecule has 0 saturated heterocycles. The second kappa shape index (κ2) is 6.83. The molecule has 0 radical (unpaired) electrons. The number of alkyl halides is 1. The molecule has 19 heavy (non-hydrogen) atoms. The Morgan fingerprint density at radius 2 is 2.05 bits per heavy atom. The first kappa shape index (κ1) is 15.1. The van der Waals surface area contributed by atoms with Crippen LogP contribution in [0.5, 0.6) is 0 Å². The Balaban J connectivity index is 3.16. The maximum absolute atomic E-state index is 11.6. The summed E-state index contributed by atoms with van der Waals surface area (Å²) in [6.45, 7) is -0.0294. The van der Waals surface area contributed by atoms with Crippen LogP contribution in [0.4, 0.5) is 0 Å². The van der Waals surface area contributed by atoms with E-state index < -0.39 is 22.9 Å². The van der Waals surface area contributed by atoms with Crippen molar-refractivity contribution in [2.24, 2.45) is 0 Å². The standard InChI is InChI=1S/C11H10BrNO6/c12-5-6-19-11(16)9(13(17)18)7-3-1-2-4-8(7)10(14)15/h1-4,9H,5-6H2,(H,14,15). The molecule has 0 aromatic heterocycles. The molecule has 0 heterocycles. The van der Waals surface area contributed by atoms with Crippen molar-refractivity contribution >= 4 is 27.9 Å². The molecule has 8 heteroatoms. The molecule has 1 unspecified atom stereocenters. The Morgan fingerprint density at radius 1 is 1.42 bits per heavy atom. The molecule has 0 aliphatic carbocycles. The summed E-state index contributed by atoms with van der Waals surface area (Å²) >= 11 is 3.02. The number of nitro groups is 1. The monoisotopic (exact) mass is 331 g/mol. The lowest BCUT2D eigenvalue weighted by atomic mass is 10.0. The zero-order valence-electron chi connectivity index (χ0n) is 9.61. The molecule has 0 bridgehead atoms. The van der Waals surface area contributed by atoms with Gasteiger partial charge in [-0.15, -0.1) is 0 Å². The van der Waals surface area contributed by atoms with E-state index in [0.29, 0.717) is 5.33 Å². The number of carboxylic acids is 1. The average Bonchev–Trinajstić information content (AvgIpc) is 2.36. The van der Waals surface area contributed by atoms with Gasteiger partial charge in [-0.25, -0.2) is 9.59 Å². The lowest BCUT2D eigenvalue weighted by molar-refractivity contribution is -0.516. The fraction of sp³-hybridized carbons (Fsp3) is 0.273. The van der Waals surface area contributed by atoms with Crippen LogP contribution in [0.15, 0.2) is 24.3 Å².